The van der Waals surface area contributed by atoms with Crippen LogP contribution in [0.2, 0.25) is 0 Å². The summed E-state index contributed by atoms with van der Waals surface area (Å²) in [5.74, 6) is 0. The third kappa shape index (κ3) is 4.54. The van der Waals surface area contributed by atoms with Gasteiger partial charge in [0.1, 0.15) is 11.2 Å². The monoisotopic (exact) mass is 780 g/mol. The van der Waals surface area contributed by atoms with Crippen LogP contribution < -0.4 is 4.90 Å². The topological polar surface area (TPSA) is 47.1 Å². The summed E-state index contributed by atoms with van der Waals surface area (Å²) in [5, 5.41) is 13.8. The Morgan fingerprint density at radius 2 is 1.00 bits per heavy atom. The van der Waals surface area contributed by atoms with Crippen LogP contribution >= 0.6 is 15.9 Å². The Bertz CT molecular complexity index is 3410. The second kappa shape index (κ2) is 12.0. The standard InChI is InChI=1S/C50H29BrN4O/c51-49-43(54(36-17-13-34-28-52-23-21-32(34)25-36)37-18-14-35-29-53-24-22-33(35)26-37)27-45-48(40-11-5-6-12-44(40)56-45)50(49)55-41-19-15-30-7-1-3-9-38(30)46(41)47-39-10-4-2-8-31(39)16-20-42(47)55/h1-29H. The van der Waals surface area contributed by atoms with Crippen LogP contribution in [0.4, 0.5) is 17.1 Å². The molecule has 4 aromatic heterocycles. The van der Waals surface area contributed by atoms with Gasteiger partial charge in [0.2, 0.25) is 0 Å². The summed E-state index contributed by atoms with van der Waals surface area (Å²) in [6.07, 6.45) is 7.53. The zero-order valence-electron chi connectivity index (χ0n) is 29.8. The van der Waals surface area contributed by atoms with Gasteiger partial charge in [-0.1, -0.05) is 91.0 Å². The second-order valence-electron chi connectivity index (χ2n) is 14.4. The van der Waals surface area contributed by atoms with Crippen LogP contribution in [0.1, 0.15) is 0 Å². The number of halogens is 1. The Morgan fingerprint density at radius 1 is 0.464 bits per heavy atom. The molecule has 0 spiro atoms. The molecule has 12 aromatic rings. The first-order chi connectivity index (χ1) is 27.7. The van der Waals surface area contributed by atoms with Crippen molar-refractivity contribution in [3.63, 3.8) is 0 Å². The number of rotatable bonds is 4. The van der Waals surface area contributed by atoms with E-state index >= 15 is 0 Å². The van der Waals surface area contributed by atoms with Crippen molar-refractivity contribution in [2.75, 3.05) is 4.90 Å². The molecule has 0 aliphatic rings. The molecule has 0 radical (unpaired) electrons. The van der Waals surface area contributed by atoms with E-state index in [1.54, 1.807) is 0 Å². The minimum Gasteiger partial charge on any atom is -0.456 e. The molecule has 0 bridgehead atoms. The maximum absolute atomic E-state index is 6.84. The lowest BCUT2D eigenvalue weighted by Gasteiger charge is -2.28. The molecule has 0 N–H and O–H groups in total. The van der Waals surface area contributed by atoms with Crippen LogP contribution in [0.15, 0.2) is 185 Å². The average Bonchev–Trinajstić information content (AvgIpc) is 3.80. The molecule has 0 atom stereocenters. The molecule has 6 heteroatoms. The molecule has 4 heterocycles. The third-order valence-electron chi connectivity index (χ3n) is 11.3. The first-order valence-corrected chi connectivity index (χ1v) is 19.4. The summed E-state index contributed by atoms with van der Waals surface area (Å²) >= 11 is 4.34. The minimum absolute atomic E-state index is 0.802. The van der Waals surface area contributed by atoms with E-state index in [9.17, 15) is 0 Å². The van der Waals surface area contributed by atoms with E-state index < -0.39 is 0 Å². The van der Waals surface area contributed by atoms with Gasteiger partial charge in [0.25, 0.3) is 0 Å². The van der Waals surface area contributed by atoms with E-state index in [2.05, 4.69) is 181 Å². The zero-order valence-corrected chi connectivity index (χ0v) is 31.4. The number of hydrogen-bond donors (Lipinski definition) is 0. The van der Waals surface area contributed by atoms with Crippen molar-refractivity contribution in [2.24, 2.45) is 0 Å². The molecule has 262 valence electrons. The Morgan fingerprint density at radius 3 is 1.61 bits per heavy atom. The number of anilines is 3. The van der Waals surface area contributed by atoms with E-state index in [-0.39, 0.29) is 0 Å². The molecule has 8 aromatic carbocycles. The van der Waals surface area contributed by atoms with Gasteiger partial charge in [0.05, 0.1) is 32.3 Å². The van der Waals surface area contributed by atoms with E-state index in [0.717, 1.165) is 81.7 Å². The van der Waals surface area contributed by atoms with Crippen LogP contribution in [0, 0.1) is 0 Å². The summed E-state index contributed by atoms with van der Waals surface area (Å²) in [6.45, 7) is 0. The number of furan rings is 1. The van der Waals surface area contributed by atoms with Gasteiger partial charge in [-0.05, 0) is 103 Å². The molecule has 0 aliphatic heterocycles. The van der Waals surface area contributed by atoms with Gasteiger partial charge < -0.3 is 13.9 Å². The van der Waals surface area contributed by atoms with Crippen LogP contribution in [0.3, 0.4) is 0 Å². The lowest BCUT2D eigenvalue weighted by molar-refractivity contribution is 0.669. The van der Waals surface area contributed by atoms with Crippen molar-refractivity contribution < 1.29 is 4.42 Å². The van der Waals surface area contributed by atoms with Gasteiger partial charge in [-0.3, -0.25) is 9.97 Å². The SMILES string of the molecule is Brc1c(N(c2ccc3cnccc3c2)c2ccc3cnccc3c2)cc2oc3ccccc3c2c1-n1c2ccc3ccccc3c2c2c3ccccc3ccc21. The van der Waals surface area contributed by atoms with Gasteiger partial charge in [-0.15, -0.1) is 0 Å². The number of fused-ring (bicyclic) bond motifs is 12. The number of hydrogen-bond acceptors (Lipinski definition) is 4. The molecule has 56 heavy (non-hydrogen) atoms. The summed E-state index contributed by atoms with van der Waals surface area (Å²) in [7, 11) is 0. The Balaban J connectivity index is 1.26. The van der Waals surface area contributed by atoms with Crippen LogP contribution in [-0.2, 0) is 0 Å². The fourth-order valence-electron chi connectivity index (χ4n) is 8.84. The largest absolute Gasteiger partial charge is 0.456 e. The number of aromatic nitrogens is 3. The number of para-hydroxylation sites is 1. The van der Waals surface area contributed by atoms with Crippen molar-refractivity contribution in [3.05, 3.63) is 181 Å². The maximum atomic E-state index is 6.84. The number of benzene rings is 8. The number of nitrogens with zero attached hydrogens (tertiary/aromatic N) is 4. The van der Waals surface area contributed by atoms with Crippen molar-refractivity contribution in [1.82, 2.24) is 14.5 Å². The van der Waals surface area contributed by atoms with E-state index in [4.69, 9.17) is 4.42 Å². The summed E-state index contributed by atoms with van der Waals surface area (Å²) in [5.41, 5.74) is 7.89. The lowest BCUT2D eigenvalue weighted by atomic mass is 10.00. The highest BCUT2D eigenvalue weighted by molar-refractivity contribution is 9.10. The Labute approximate surface area is 328 Å². The summed E-state index contributed by atoms with van der Waals surface area (Å²) < 4.78 is 10.2. The molecule has 0 unspecified atom stereocenters. The molecule has 0 saturated heterocycles. The number of pyridine rings is 2. The predicted molar refractivity (Wildman–Crippen MR) is 236 cm³/mol. The fraction of sp³-hybridized carbons (Fsp3) is 0. The van der Waals surface area contributed by atoms with Crippen molar-refractivity contribution in [2.45, 2.75) is 0 Å². The zero-order chi connectivity index (χ0) is 36.9. The summed E-state index contributed by atoms with van der Waals surface area (Å²) in [6, 6.07) is 54.3. The fourth-order valence-corrected chi connectivity index (χ4v) is 9.50. The maximum Gasteiger partial charge on any atom is 0.139 e. The quantitative estimate of drug-likeness (QED) is 0.178. The third-order valence-corrected chi connectivity index (χ3v) is 12.1. The predicted octanol–water partition coefficient (Wildman–Crippen LogP) is 14.3. The van der Waals surface area contributed by atoms with Crippen LogP contribution in [0.25, 0.3) is 92.5 Å². The van der Waals surface area contributed by atoms with Gasteiger partial charge in [-0.2, -0.15) is 0 Å². The van der Waals surface area contributed by atoms with Crippen molar-refractivity contribution >= 4 is 120 Å². The molecule has 5 nitrogen and oxygen atoms in total. The minimum atomic E-state index is 0.802. The molecule has 0 saturated carbocycles. The Hall–Kier alpha value is -7.02. The van der Waals surface area contributed by atoms with Crippen LogP contribution in [0.5, 0.6) is 0 Å². The van der Waals surface area contributed by atoms with Crippen LogP contribution in [-0.4, -0.2) is 14.5 Å². The molecular weight excluding hydrogens is 752 g/mol. The normalized spacial score (nSPS) is 12.0. The van der Waals surface area contributed by atoms with E-state index in [0.29, 0.717) is 0 Å². The van der Waals surface area contributed by atoms with Crippen molar-refractivity contribution in [1.29, 1.82) is 0 Å². The summed E-state index contributed by atoms with van der Waals surface area (Å²) in [4.78, 5) is 11.1. The second-order valence-corrected chi connectivity index (χ2v) is 15.2. The molecule has 12 rings (SSSR count). The van der Waals surface area contributed by atoms with E-state index in [1.807, 2.05) is 30.9 Å². The first kappa shape index (κ1) is 31.3. The Kier molecular flexibility index (Phi) is 6.71. The highest BCUT2D eigenvalue weighted by Gasteiger charge is 2.27. The molecule has 0 aliphatic carbocycles. The molecule has 0 amide bonds. The van der Waals surface area contributed by atoms with Gasteiger partial charge in [-0.25, -0.2) is 0 Å². The van der Waals surface area contributed by atoms with Gasteiger partial charge in [0.15, 0.2) is 0 Å². The van der Waals surface area contributed by atoms with E-state index in [1.165, 1.54) is 32.3 Å². The molecular formula is C50H29BrN4O. The highest BCUT2D eigenvalue weighted by Crippen LogP contribution is 2.50. The van der Waals surface area contributed by atoms with Crippen molar-refractivity contribution in [3.8, 4) is 5.69 Å². The first-order valence-electron chi connectivity index (χ1n) is 18.6. The molecule has 0 fully saturated rings. The van der Waals surface area contributed by atoms with Gasteiger partial charge in [0, 0.05) is 69.2 Å². The smallest absolute Gasteiger partial charge is 0.139 e. The van der Waals surface area contributed by atoms with Gasteiger partial charge >= 0.3 is 0 Å². The lowest BCUT2D eigenvalue weighted by Crippen LogP contribution is -2.12. The average molecular weight is 782 g/mol. The highest BCUT2D eigenvalue weighted by atomic mass is 79.9.